The van der Waals surface area contributed by atoms with Crippen molar-refractivity contribution >= 4 is 29.2 Å². The lowest BCUT2D eigenvalue weighted by Gasteiger charge is -2.12. The minimum absolute atomic E-state index is 0.00161. The largest absolute Gasteiger partial charge is 0.481 e. The van der Waals surface area contributed by atoms with Crippen LogP contribution in [-0.4, -0.2) is 40.5 Å². The molecule has 8 nitrogen and oxygen atoms in total. The van der Waals surface area contributed by atoms with Crippen LogP contribution in [0.2, 0.25) is 5.02 Å². The fourth-order valence-electron chi connectivity index (χ4n) is 2.13. The summed E-state index contributed by atoms with van der Waals surface area (Å²) in [5.41, 5.74) is 0.113. The van der Waals surface area contributed by atoms with Crippen LogP contribution in [0, 0.1) is 0 Å². The number of para-hydroxylation sites is 1. The molecule has 0 bridgehead atoms. The highest BCUT2D eigenvalue weighted by Crippen LogP contribution is 2.18. The van der Waals surface area contributed by atoms with Gasteiger partial charge < -0.3 is 15.2 Å². The molecule has 0 radical (unpaired) electrons. The number of hydrogen-bond acceptors (Lipinski definition) is 6. The summed E-state index contributed by atoms with van der Waals surface area (Å²) in [5.74, 6) is -1.50. The van der Waals surface area contributed by atoms with Gasteiger partial charge in [-0.2, -0.15) is 9.78 Å². The van der Waals surface area contributed by atoms with Crippen molar-refractivity contribution in [1.29, 1.82) is 0 Å². The molecule has 25 heavy (non-hydrogen) atoms. The fourth-order valence-corrected chi connectivity index (χ4v) is 2.33. The summed E-state index contributed by atoms with van der Waals surface area (Å²) in [7, 11) is 1.24. The average molecular weight is 366 g/mol. The predicted octanol–water partition coefficient (Wildman–Crippen LogP) is 1.95. The van der Waals surface area contributed by atoms with Gasteiger partial charge in [-0.15, -0.1) is 0 Å². The summed E-state index contributed by atoms with van der Waals surface area (Å²) in [5, 5.41) is 15.4. The smallest absolute Gasteiger partial charge is 0.340 e. The Hall–Kier alpha value is -2.87. The number of esters is 1. The molecule has 2 rings (SSSR count). The summed E-state index contributed by atoms with van der Waals surface area (Å²) in [6.45, 7) is 0.329. The Kier molecular flexibility index (Phi) is 6.13. The van der Waals surface area contributed by atoms with E-state index in [0.717, 1.165) is 4.68 Å². The van der Waals surface area contributed by atoms with E-state index in [1.54, 1.807) is 18.2 Å². The molecule has 0 unspecified atom stereocenters. The first-order valence-electron chi connectivity index (χ1n) is 7.37. The van der Waals surface area contributed by atoms with Crippen molar-refractivity contribution in [2.24, 2.45) is 0 Å². The SMILES string of the molecule is COC(=O)c1ccccc1-n1ncc(NCCCC(=O)O)c(Cl)c1=O. The van der Waals surface area contributed by atoms with E-state index in [4.69, 9.17) is 21.4 Å². The highest BCUT2D eigenvalue weighted by atomic mass is 35.5. The second-order valence-corrected chi connectivity index (χ2v) is 5.40. The number of aliphatic carboxylic acids is 1. The monoisotopic (exact) mass is 365 g/mol. The van der Waals surface area contributed by atoms with Crippen LogP contribution in [0.1, 0.15) is 23.2 Å². The van der Waals surface area contributed by atoms with Crippen LogP contribution in [0.25, 0.3) is 5.69 Å². The summed E-state index contributed by atoms with van der Waals surface area (Å²) >= 11 is 6.09. The van der Waals surface area contributed by atoms with Crippen molar-refractivity contribution in [3.63, 3.8) is 0 Å². The van der Waals surface area contributed by atoms with Gasteiger partial charge in [0.15, 0.2) is 0 Å². The van der Waals surface area contributed by atoms with Gasteiger partial charge in [-0.25, -0.2) is 4.79 Å². The molecule has 1 heterocycles. The molecule has 9 heteroatoms. The topological polar surface area (TPSA) is 111 Å². The van der Waals surface area contributed by atoms with Crippen LogP contribution in [0.15, 0.2) is 35.3 Å². The number of carbonyl (C=O) groups is 2. The van der Waals surface area contributed by atoms with Crippen LogP contribution in [-0.2, 0) is 9.53 Å². The van der Waals surface area contributed by atoms with Gasteiger partial charge in [0, 0.05) is 13.0 Å². The minimum atomic E-state index is -0.902. The van der Waals surface area contributed by atoms with E-state index in [9.17, 15) is 14.4 Å². The average Bonchev–Trinajstić information content (AvgIpc) is 2.61. The summed E-state index contributed by atoms with van der Waals surface area (Å²) in [6, 6.07) is 6.36. The predicted molar refractivity (Wildman–Crippen MR) is 91.5 cm³/mol. The first-order chi connectivity index (χ1) is 12.0. The Morgan fingerprint density at radius 1 is 1.36 bits per heavy atom. The summed E-state index contributed by atoms with van der Waals surface area (Å²) in [4.78, 5) is 34.8. The molecule has 132 valence electrons. The maximum atomic E-state index is 12.5. The van der Waals surface area contributed by atoms with E-state index in [2.05, 4.69) is 10.4 Å². The molecule has 0 aliphatic heterocycles. The number of carbonyl (C=O) groups excluding carboxylic acids is 1. The highest BCUT2D eigenvalue weighted by Gasteiger charge is 2.17. The summed E-state index contributed by atoms with van der Waals surface area (Å²) < 4.78 is 5.71. The molecule has 0 saturated carbocycles. The van der Waals surface area contributed by atoms with Crippen molar-refractivity contribution < 1.29 is 19.4 Å². The zero-order valence-electron chi connectivity index (χ0n) is 13.4. The minimum Gasteiger partial charge on any atom is -0.481 e. The van der Waals surface area contributed by atoms with Gasteiger partial charge in [0.1, 0.15) is 5.02 Å². The third-order valence-electron chi connectivity index (χ3n) is 3.34. The standard InChI is InChI=1S/C16H16ClN3O5/c1-25-16(24)10-5-2-3-6-12(10)20-15(23)14(17)11(9-19-20)18-8-4-7-13(21)22/h2-3,5-6,9,18H,4,7-8H2,1H3,(H,21,22). The van der Waals surface area contributed by atoms with E-state index in [-0.39, 0.29) is 22.7 Å². The number of carboxylic acids is 1. The van der Waals surface area contributed by atoms with Crippen LogP contribution in [0.5, 0.6) is 0 Å². The number of benzene rings is 1. The second kappa shape index (κ2) is 8.29. The number of nitrogens with one attached hydrogen (secondary N) is 1. The normalized spacial score (nSPS) is 10.3. The van der Waals surface area contributed by atoms with E-state index >= 15 is 0 Å². The Bertz CT molecular complexity index is 850. The molecule has 0 amide bonds. The highest BCUT2D eigenvalue weighted by molar-refractivity contribution is 6.32. The maximum absolute atomic E-state index is 12.5. The molecular formula is C16H16ClN3O5. The zero-order chi connectivity index (χ0) is 18.4. The number of aromatic nitrogens is 2. The lowest BCUT2D eigenvalue weighted by atomic mass is 10.2. The van der Waals surface area contributed by atoms with Crippen LogP contribution in [0.4, 0.5) is 5.69 Å². The third-order valence-corrected chi connectivity index (χ3v) is 3.70. The maximum Gasteiger partial charge on any atom is 0.340 e. The van der Waals surface area contributed by atoms with Gasteiger partial charge in [-0.3, -0.25) is 9.59 Å². The van der Waals surface area contributed by atoms with Crippen molar-refractivity contribution in [2.45, 2.75) is 12.8 Å². The number of methoxy groups -OCH3 is 1. The molecular weight excluding hydrogens is 350 g/mol. The van der Waals surface area contributed by atoms with Crippen LogP contribution < -0.4 is 10.9 Å². The molecule has 0 fully saturated rings. The van der Waals surface area contributed by atoms with Gasteiger partial charge in [0.2, 0.25) is 0 Å². The first kappa shape index (κ1) is 18.5. The van der Waals surface area contributed by atoms with Gasteiger partial charge in [0.05, 0.1) is 30.2 Å². The Morgan fingerprint density at radius 2 is 2.08 bits per heavy atom. The molecule has 0 aliphatic carbocycles. The number of carboxylic acid groups (broad SMARTS) is 1. The third kappa shape index (κ3) is 4.36. The van der Waals surface area contributed by atoms with Crippen LogP contribution >= 0.6 is 11.6 Å². The fraction of sp³-hybridized carbons (Fsp3) is 0.250. The lowest BCUT2D eigenvalue weighted by molar-refractivity contribution is -0.137. The van der Waals surface area contributed by atoms with Gasteiger partial charge in [0.25, 0.3) is 5.56 Å². The van der Waals surface area contributed by atoms with E-state index in [0.29, 0.717) is 18.7 Å². The van der Waals surface area contributed by atoms with Crippen molar-refractivity contribution in [3.05, 3.63) is 51.4 Å². The number of hydrogen-bond donors (Lipinski definition) is 2. The lowest BCUT2D eigenvalue weighted by Crippen LogP contribution is -2.25. The van der Waals surface area contributed by atoms with Gasteiger partial charge >= 0.3 is 11.9 Å². The molecule has 1 aromatic carbocycles. The quantitative estimate of drug-likeness (QED) is 0.569. The van der Waals surface area contributed by atoms with Gasteiger partial charge in [-0.05, 0) is 18.6 Å². The Balaban J connectivity index is 2.31. The van der Waals surface area contributed by atoms with Crippen molar-refractivity contribution in [2.75, 3.05) is 19.0 Å². The van der Waals surface area contributed by atoms with Crippen LogP contribution in [0.3, 0.4) is 0 Å². The molecule has 0 saturated heterocycles. The van der Waals surface area contributed by atoms with E-state index in [1.807, 2.05) is 0 Å². The van der Waals surface area contributed by atoms with Crippen molar-refractivity contribution in [1.82, 2.24) is 9.78 Å². The van der Waals surface area contributed by atoms with E-state index < -0.39 is 17.5 Å². The first-order valence-corrected chi connectivity index (χ1v) is 7.74. The number of halogens is 1. The van der Waals surface area contributed by atoms with E-state index in [1.165, 1.54) is 19.4 Å². The Morgan fingerprint density at radius 3 is 2.76 bits per heavy atom. The molecule has 0 spiro atoms. The number of nitrogens with zero attached hydrogens (tertiary/aromatic N) is 2. The molecule has 2 aromatic rings. The summed E-state index contributed by atoms with van der Waals surface area (Å²) in [6.07, 6.45) is 1.72. The molecule has 0 atom stereocenters. The Labute approximate surface area is 148 Å². The molecule has 0 aliphatic rings. The zero-order valence-corrected chi connectivity index (χ0v) is 14.1. The van der Waals surface area contributed by atoms with Crippen molar-refractivity contribution in [3.8, 4) is 5.69 Å². The number of rotatable bonds is 7. The molecule has 1 aromatic heterocycles. The molecule has 2 N–H and O–H groups in total. The second-order valence-electron chi connectivity index (χ2n) is 5.02. The van der Waals surface area contributed by atoms with Gasteiger partial charge in [-0.1, -0.05) is 23.7 Å². The number of ether oxygens (including phenoxy) is 1. The number of anilines is 1.